The van der Waals surface area contributed by atoms with Crippen molar-refractivity contribution in [3.05, 3.63) is 34.6 Å². The molecule has 0 aliphatic rings. The van der Waals surface area contributed by atoms with Crippen LogP contribution in [-0.2, 0) is 0 Å². The second kappa shape index (κ2) is 3.30. The number of H-pyrrole nitrogens is 2. The molecule has 3 nitrogen and oxygen atoms in total. The van der Waals surface area contributed by atoms with Gasteiger partial charge in [0, 0.05) is 0 Å². The number of halogens is 2. The molecule has 72 valence electrons. The summed E-state index contributed by atoms with van der Waals surface area (Å²) in [7, 11) is 0. The first kappa shape index (κ1) is 9.01. The van der Waals surface area contributed by atoms with Crippen LogP contribution in [0.25, 0.3) is 11.4 Å². The van der Waals surface area contributed by atoms with Crippen molar-refractivity contribution in [3.8, 4) is 11.4 Å². The van der Waals surface area contributed by atoms with E-state index in [1.165, 1.54) is 6.07 Å². The smallest absolute Gasteiger partial charge is 0.213 e. The fourth-order valence-corrected chi connectivity index (χ4v) is 1.25. The summed E-state index contributed by atoms with van der Waals surface area (Å²) in [5.74, 6) is -1.30. The van der Waals surface area contributed by atoms with Crippen LogP contribution in [0.3, 0.4) is 0 Å². The lowest BCUT2D eigenvalue weighted by molar-refractivity contribution is 0.587. The molecule has 0 saturated carbocycles. The highest BCUT2D eigenvalue weighted by atomic mass is 32.1. The van der Waals surface area contributed by atoms with E-state index in [9.17, 15) is 8.78 Å². The third-order valence-electron chi connectivity index (χ3n) is 1.70. The molecule has 0 fully saturated rings. The number of aromatic amines is 2. The predicted octanol–water partition coefficient (Wildman–Crippen LogP) is 2.41. The van der Waals surface area contributed by atoms with Gasteiger partial charge in [-0.25, -0.2) is 8.78 Å². The quantitative estimate of drug-likeness (QED) is 0.714. The minimum Gasteiger partial charge on any atom is -0.281 e. The van der Waals surface area contributed by atoms with Gasteiger partial charge in [-0.3, -0.25) is 10.2 Å². The van der Waals surface area contributed by atoms with E-state index >= 15 is 0 Å². The highest BCUT2D eigenvalue weighted by Crippen LogP contribution is 2.21. The van der Waals surface area contributed by atoms with Gasteiger partial charge >= 0.3 is 0 Å². The third-order valence-corrected chi connectivity index (χ3v) is 1.89. The van der Waals surface area contributed by atoms with E-state index in [-0.39, 0.29) is 16.2 Å². The van der Waals surface area contributed by atoms with E-state index < -0.39 is 11.6 Å². The largest absolute Gasteiger partial charge is 0.281 e. The number of hydrogen-bond acceptors (Lipinski definition) is 2. The maximum absolute atomic E-state index is 13.2. The van der Waals surface area contributed by atoms with Gasteiger partial charge < -0.3 is 0 Å². The van der Waals surface area contributed by atoms with Crippen molar-refractivity contribution < 1.29 is 8.78 Å². The summed E-state index contributed by atoms with van der Waals surface area (Å²) in [5.41, 5.74) is -0.208. The maximum atomic E-state index is 13.2. The van der Waals surface area contributed by atoms with Crippen LogP contribution in [-0.4, -0.2) is 15.2 Å². The molecule has 0 bridgehead atoms. The average molecular weight is 213 g/mol. The molecule has 14 heavy (non-hydrogen) atoms. The normalized spacial score (nSPS) is 10.4. The Kier molecular flexibility index (Phi) is 2.12. The molecule has 1 heterocycles. The third kappa shape index (κ3) is 1.44. The van der Waals surface area contributed by atoms with Crippen molar-refractivity contribution in [1.82, 2.24) is 15.2 Å². The Morgan fingerprint density at radius 1 is 1.14 bits per heavy atom. The zero-order valence-corrected chi connectivity index (χ0v) is 7.66. The van der Waals surface area contributed by atoms with Crippen molar-refractivity contribution in [2.24, 2.45) is 0 Å². The van der Waals surface area contributed by atoms with Gasteiger partial charge in [-0.05, 0) is 24.4 Å². The predicted molar refractivity (Wildman–Crippen MR) is 49.1 cm³/mol. The Balaban J connectivity index is 2.67. The van der Waals surface area contributed by atoms with Crippen molar-refractivity contribution >= 4 is 12.2 Å². The molecular formula is C8H5F2N3S. The van der Waals surface area contributed by atoms with Gasteiger partial charge in [-0.15, -0.1) is 0 Å². The van der Waals surface area contributed by atoms with Gasteiger partial charge in [0.25, 0.3) is 0 Å². The Bertz CT molecular complexity index is 497. The molecule has 0 radical (unpaired) electrons. The topological polar surface area (TPSA) is 44.5 Å². The SMILES string of the molecule is Fc1cccc(F)c1-c1nc(=S)[nH][nH]1. The monoisotopic (exact) mass is 213 g/mol. The van der Waals surface area contributed by atoms with Crippen LogP contribution in [0.1, 0.15) is 0 Å². The Morgan fingerprint density at radius 3 is 2.29 bits per heavy atom. The highest BCUT2D eigenvalue weighted by Gasteiger charge is 2.12. The number of rotatable bonds is 1. The molecule has 0 aliphatic carbocycles. The first-order valence-corrected chi connectivity index (χ1v) is 4.18. The molecule has 2 N–H and O–H groups in total. The van der Waals surface area contributed by atoms with Gasteiger partial charge in [-0.2, -0.15) is 4.98 Å². The first-order valence-electron chi connectivity index (χ1n) is 3.77. The minimum absolute atomic E-state index is 0.0607. The van der Waals surface area contributed by atoms with Crippen LogP contribution >= 0.6 is 12.2 Å². The number of nitrogens with zero attached hydrogens (tertiary/aromatic N) is 1. The van der Waals surface area contributed by atoms with Gasteiger partial charge in [0.1, 0.15) is 11.6 Å². The van der Waals surface area contributed by atoms with Crippen LogP contribution in [0.4, 0.5) is 8.78 Å². The molecule has 1 aromatic heterocycles. The summed E-state index contributed by atoms with van der Waals surface area (Å²) in [6.45, 7) is 0. The van der Waals surface area contributed by atoms with E-state index in [0.29, 0.717) is 0 Å². The van der Waals surface area contributed by atoms with E-state index in [0.717, 1.165) is 12.1 Å². The van der Waals surface area contributed by atoms with Gasteiger partial charge in [0.2, 0.25) is 4.77 Å². The molecule has 6 heteroatoms. The molecular weight excluding hydrogens is 208 g/mol. The zero-order valence-electron chi connectivity index (χ0n) is 6.84. The second-order valence-electron chi connectivity index (χ2n) is 2.61. The van der Waals surface area contributed by atoms with Crippen molar-refractivity contribution in [2.75, 3.05) is 0 Å². The van der Waals surface area contributed by atoms with Crippen molar-refractivity contribution in [2.45, 2.75) is 0 Å². The molecule has 0 spiro atoms. The van der Waals surface area contributed by atoms with Crippen molar-refractivity contribution in [1.29, 1.82) is 0 Å². The fourth-order valence-electron chi connectivity index (χ4n) is 1.11. The summed E-state index contributed by atoms with van der Waals surface area (Å²) in [6, 6.07) is 3.60. The Morgan fingerprint density at radius 2 is 1.79 bits per heavy atom. The number of hydrogen-bond donors (Lipinski definition) is 2. The molecule has 1 aromatic carbocycles. The molecule has 0 amide bonds. The van der Waals surface area contributed by atoms with Gasteiger partial charge in [-0.1, -0.05) is 6.07 Å². The molecule has 0 aliphatic heterocycles. The summed E-state index contributed by atoms with van der Waals surface area (Å²) in [4.78, 5) is 3.73. The summed E-state index contributed by atoms with van der Waals surface area (Å²) in [5, 5.41) is 4.95. The summed E-state index contributed by atoms with van der Waals surface area (Å²) >= 11 is 4.68. The van der Waals surface area contributed by atoms with Gasteiger partial charge in [0.05, 0.1) is 5.56 Å². The van der Waals surface area contributed by atoms with Crippen LogP contribution < -0.4 is 0 Å². The van der Waals surface area contributed by atoms with E-state index in [1.807, 2.05) is 0 Å². The van der Waals surface area contributed by atoms with Crippen LogP contribution in [0.15, 0.2) is 18.2 Å². The van der Waals surface area contributed by atoms with Gasteiger partial charge in [0.15, 0.2) is 5.82 Å². The van der Waals surface area contributed by atoms with Crippen LogP contribution in [0, 0.1) is 16.4 Å². The van der Waals surface area contributed by atoms with E-state index in [2.05, 4.69) is 27.4 Å². The number of benzene rings is 1. The average Bonchev–Trinajstić information content (AvgIpc) is 2.51. The molecule has 2 rings (SSSR count). The lowest BCUT2D eigenvalue weighted by Gasteiger charge is -1.99. The summed E-state index contributed by atoms with van der Waals surface area (Å²) in [6.07, 6.45) is 0. The van der Waals surface area contributed by atoms with Crippen molar-refractivity contribution in [3.63, 3.8) is 0 Å². The fraction of sp³-hybridized carbons (Fsp3) is 0. The Hall–Kier alpha value is -1.56. The number of aromatic nitrogens is 3. The second-order valence-corrected chi connectivity index (χ2v) is 3.00. The molecule has 0 unspecified atom stereocenters. The molecule has 0 atom stereocenters. The standard InChI is InChI=1S/C8H5F2N3S/c9-4-2-1-3-5(10)6(4)7-11-8(14)13-12-7/h1-3H,(H2,11,12,13,14). The highest BCUT2D eigenvalue weighted by molar-refractivity contribution is 7.71. The maximum Gasteiger partial charge on any atom is 0.213 e. The lowest BCUT2D eigenvalue weighted by atomic mass is 10.2. The van der Waals surface area contributed by atoms with E-state index in [1.54, 1.807) is 0 Å². The lowest BCUT2D eigenvalue weighted by Crippen LogP contribution is -1.91. The van der Waals surface area contributed by atoms with Crippen LogP contribution in [0.2, 0.25) is 0 Å². The first-order chi connectivity index (χ1) is 6.68. The van der Waals surface area contributed by atoms with Crippen LogP contribution in [0.5, 0.6) is 0 Å². The Labute approximate surface area is 82.8 Å². The minimum atomic E-state index is -0.678. The molecule has 0 saturated heterocycles. The zero-order chi connectivity index (χ0) is 10.1. The van der Waals surface area contributed by atoms with E-state index in [4.69, 9.17) is 0 Å². The molecule has 2 aromatic rings. The number of nitrogens with one attached hydrogen (secondary N) is 2. The summed E-state index contributed by atoms with van der Waals surface area (Å²) < 4.78 is 26.6.